The number of pyridine rings is 1. The molecule has 0 aliphatic rings. The van der Waals surface area contributed by atoms with Gasteiger partial charge in [-0.1, -0.05) is 12.1 Å². The SMILES string of the molecule is COCCOCCOCCOCC[n+]1c(Cl)cc(C)c2ccccc21. The molecule has 6 heteroatoms. The van der Waals surface area contributed by atoms with Crippen LogP contribution in [0.5, 0.6) is 0 Å². The topological polar surface area (TPSA) is 40.8 Å². The monoisotopic (exact) mass is 368 g/mol. The zero-order chi connectivity index (χ0) is 17.9. The smallest absolute Gasteiger partial charge is 0.275 e. The highest BCUT2D eigenvalue weighted by Crippen LogP contribution is 2.18. The van der Waals surface area contributed by atoms with E-state index < -0.39 is 0 Å². The number of methoxy groups -OCH3 is 1. The van der Waals surface area contributed by atoms with E-state index in [2.05, 4.69) is 23.6 Å². The molecule has 0 fully saturated rings. The second-order valence-electron chi connectivity index (χ2n) is 5.65. The van der Waals surface area contributed by atoms with Gasteiger partial charge in [0.15, 0.2) is 6.54 Å². The summed E-state index contributed by atoms with van der Waals surface area (Å²) in [4.78, 5) is 0. The largest absolute Gasteiger partial charge is 0.382 e. The van der Waals surface area contributed by atoms with Crippen molar-refractivity contribution in [2.45, 2.75) is 13.5 Å². The van der Waals surface area contributed by atoms with Crippen molar-refractivity contribution in [1.29, 1.82) is 0 Å². The van der Waals surface area contributed by atoms with Crippen LogP contribution in [0.2, 0.25) is 5.15 Å². The Kier molecular flexibility index (Phi) is 9.15. The number of para-hydroxylation sites is 1. The van der Waals surface area contributed by atoms with Crippen molar-refractivity contribution in [2.75, 3.05) is 53.4 Å². The van der Waals surface area contributed by atoms with Crippen molar-refractivity contribution < 1.29 is 23.5 Å². The van der Waals surface area contributed by atoms with Crippen molar-refractivity contribution in [2.24, 2.45) is 0 Å². The molecule has 1 aromatic carbocycles. The first-order valence-corrected chi connectivity index (χ1v) is 8.91. The Morgan fingerprint density at radius 1 is 0.880 bits per heavy atom. The van der Waals surface area contributed by atoms with Gasteiger partial charge in [-0.15, -0.1) is 0 Å². The molecule has 1 aromatic heterocycles. The number of benzene rings is 1. The number of fused-ring (bicyclic) bond motifs is 1. The molecule has 0 radical (unpaired) electrons. The van der Waals surface area contributed by atoms with E-state index in [0.29, 0.717) is 52.8 Å². The third-order valence-electron chi connectivity index (χ3n) is 3.85. The second kappa shape index (κ2) is 11.4. The molecule has 0 spiro atoms. The standard InChI is InChI=1S/C19H27ClNO4/c1-16-15-19(20)21(18-6-4-3-5-17(16)18)7-8-23-11-12-25-14-13-24-10-9-22-2/h3-6,15H,7-14H2,1-2H3/q+1. The van der Waals surface area contributed by atoms with Crippen molar-refractivity contribution in [3.8, 4) is 0 Å². The first kappa shape index (κ1) is 20.1. The molecular formula is C19H27ClNO4+. The Morgan fingerprint density at radius 2 is 1.48 bits per heavy atom. The molecule has 0 amide bonds. The lowest BCUT2D eigenvalue weighted by Crippen LogP contribution is -2.38. The first-order valence-electron chi connectivity index (χ1n) is 8.54. The number of halogens is 1. The summed E-state index contributed by atoms with van der Waals surface area (Å²) in [6.07, 6.45) is 0. The molecule has 25 heavy (non-hydrogen) atoms. The first-order chi connectivity index (χ1) is 12.2. The average molecular weight is 369 g/mol. The zero-order valence-corrected chi connectivity index (χ0v) is 15.8. The van der Waals surface area contributed by atoms with E-state index in [9.17, 15) is 0 Å². The Morgan fingerprint density at radius 3 is 2.16 bits per heavy atom. The lowest BCUT2D eigenvalue weighted by Gasteiger charge is -2.08. The van der Waals surface area contributed by atoms with Crippen LogP contribution < -0.4 is 4.57 Å². The highest BCUT2D eigenvalue weighted by atomic mass is 35.5. The summed E-state index contributed by atoms with van der Waals surface area (Å²) in [5.74, 6) is 0. The van der Waals surface area contributed by atoms with Gasteiger partial charge in [0.25, 0.3) is 5.15 Å². The van der Waals surface area contributed by atoms with Crippen LogP contribution in [0.3, 0.4) is 0 Å². The molecule has 1 heterocycles. The molecule has 0 atom stereocenters. The van der Waals surface area contributed by atoms with Gasteiger partial charge in [-0.2, -0.15) is 4.57 Å². The number of aromatic nitrogens is 1. The summed E-state index contributed by atoms with van der Waals surface area (Å²) in [5, 5.41) is 1.94. The third kappa shape index (κ3) is 6.53. The Hall–Kier alpha value is -1.24. The molecule has 0 N–H and O–H groups in total. The molecule has 138 valence electrons. The fourth-order valence-electron chi connectivity index (χ4n) is 2.56. The van der Waals surface area contributed by atoms with E-state index in [1.807, 2.05) is 18.2 Å². The molecule has 0 aliphatic carbocycles. The highest BCUT2D eigenvalue weighted by molar-refractivity contribution is 6.28. The zero-order valence-electron chi connectivity index (χ0n) is 15.0. The summed E-state index contributed by atoms with van der Waals surface area (Å²) in [7, 11) is 1.65. The molecule has 2 rings (SSSR count). The van der Waals surface area contributed by atoms with E-state index >= 15 is 0 Å². The van der Waals surface area contributed by atoms with Gasteiger partial charge in [-0.25, -0.2) is 0 Å². The van der Waals surface area contributed by atoms with Gasteiger partial charge in [0.1, 0.15) is 6.61 Å². The van der Waals surface area contributed by atoms with Crippen molar-refractivity contribution in [3.63, 3.8) is 0 Å². The van der Waals surface area contributed by atoms with Crippen LogP contribution in [-0.4, -0.2) is 53.4 Å². The fraction of sp³-hybridized carbons (Fsp3) is 0.526. The van der Waals surface area contributed by atoms with Crippen LogP contribution in [0.1, 0.15) is 5.56 Å². The van der Waals surface area contributed by atoms with E-state index in [4.69, 9.17) is 30.5 Å². The molecule has 0 saturated carbocycles. The number of hydrogen-bond donors (Lipinski definition) is 0. The molecule has 2 aromatic rings. The predicted octanol–water partition coefficient (Wildman–Crippen LogP) is 2.79. The Balaban J connectivity index is 1.67. The highest BCUT2D eigenvalue weighted by Gasteiger charge is 2.15. The number of aryl methyl sites for hydroxylation is 1. The van der Waals surface area contributed by atoms with Gasteiger partial charge in [0.2, 0.25) is 5.52 Å². The lowest BCUT2D eigenvalue weighted by molar-refractivity contribution is -0.671. The van der Waals surface area contributed by atoms with Gasteiger partial charge in [0, 0.05) is 24.6 Å². The molecule has 0 bridgehead atoms. The number of rotatable bonds is 12. The average Bonchev–Trinajstić information content (AvgIpc) is 2.62. The van der Waals surface area contributed by atoms with Crippen LogP contribution in [0, 0.1) is 6.92 Å². The third-order valence-corrected chi connectivity index (χ3v) is 4.16. The van der Waals surface area contributed by atoms with Gasteiger partial charge >= 0.3 is 0 Å². The maximum absolute atomic E-state index is 6.40. The lowest BCUT2D eigenvalue weighted by atomic mass is 10.1. The summed E-state index contributed by atoms with van der Waals surface area (Å²) in [5.41, 5.74) is 2.31. The molecule has 0 saturated heterocycles. The van der Waals surface area contributed by atoms with Gasteiger partial charge in [0.05, 0.1) is 39.6 Å². The quantitative estimate of drug-likeness (QED) is 0.328. The minimum Gasteiger partial charge on any atom is -0.382 e. The predicted molar refractivity (Wildman–Crippen MR) is 98.2 cm³/mol. The van der Waals surface area contributed by atoms with E-state index in [-0.39, 0.29) is 0 Å². The summed E-state index contributed by atoms with van der Waals surface area (Å²) >= 11 is 6.40. The van der Waals surface area contributed by atoms with Crippen LogP contribution in [0.25, 0.3) is 10.9 Å². The summed E-state index contributed by atoms with van der Waals surface area (Å²) in [6, 6.07) is 10.3. The number of hydrogen-bond acceptors (Lipinski definition) is 4. The maximum atomic E-state index is 6.40. The molecule has 0 unspecified atom stereocenters. The van der Waals surface area contributed by atoms with Crippen LogP contribution in [-0.2, 0) is 25.5 Å². The maximum Gasteiger partial charge on any atom is 0.275 e. The number of nitrogens with zero attached hydrogens (tertiary/aromatic N) is 1. The van der Waals surface area contributed by atoms with Crippen LogP contribution in [0.4, 0.5) is 0 Å². The second-order valence-corrected chi connectivity index (χ2v) is 6.04. The summed E-state index contributed by atoms with van der Waals surface area (Å²) in [6.45, 7) is 6.83. The Bertz CT molecular complexity index is 651. The minimum atomic E-state index is 0.556. The minimum absolute atomic E-state index is 0.556. The number of ether oxygens (including phenoxy) is 4. The van der Waals surface area contributed by atoms with E-state index in [1.54, 1.807) is 7.11 Å². The Labute approximate surface area is 154 Å². The molecule has 5 nitrogen and oxygen atoms in total. The van der Waals surface area contributed by atoms with Crippen molar-refractivity contribution >= 4 is 22.5 Å². The van der Waals surface area contributed by atoms with Crippen LogP contribution >= 0.6 is 11.6 Å². The normalized spacial score (nSPS) is 11.3. The van der Waals surface area contributed by atoms with Crippen molar-refractivity contribution in [1.82, 2.24) is 0 Å². The van der Waals surface area contributed by atoms with Gasteiger partial charge in [-0.3, -0.25) is 0 Å². The van der Waals surface area contributed by atoms with E-state index in [0.717, 1.165) is 10.7 Å². The molecular weight excluding hydrogens is 342 g/mol. The fourth-order valence-corrected chi connectivity index (χ4v) is 2.90. The van der Waals surface area contributed by atoms with Gasteiger partial charge < -0.3 is 18.9 Å². The van der Waals surface area contributed by atoms with Crippen molar-refractivity contribution in [3.05, 3.63) is 41.0 Å². The van der Waals surface area contributed by atoms with Gasteiger partial charge in [-0.05, 0) is 30.2 Å². The van der Waals surface area contributed by atoms with Crippen LogP contribution in [0.15, 0.2) is 30.3 Å². The molecule has 0 aliphatic heterocycles. The summed E-state index contributed by atoms with van der Waals surface area (Å²) < 4.78 is 23.4. The van der Waals surface area contributed by atoms with E-state index in [1.165, 1.54) is 10.9 Å².